The van der Waals surface area contributed by atoms with Crippen molar-refractivity contribution in [3.05, 3.63) is 84.4 Å². The van der Waals surface area contributed by atoms with Gasteiger partial charge in [0.2, 0.25) is 0 Å². The molecule has 0 spiro atoms. The number of hydrogen-bond donors (Lipinski definition) is 0. The fourth-order valence-corrected chi connectivity index (χ4v) is 3.54. The van der Waals surface area contributed by atoms with Gasteiger partial charge in [0.15, 0.2) is 0 Å². The molecule has 0 fully saturated rings. The van der Waals surface area contributed by atoms with E-state index < -0.39 is 0 Å². The molecule has 5 aromatic rings. The number of fused-ring (bicyclic) bond motifs is 4. The highest BCUT2D eigenvalue weighted by Crippen LogP contribution is 2.34. The molecule has 0 aliphatic rings. The van der Waals surface area contributed by atoms with Gasteiger partial charge in [-0.25, -0.2) is 0 Å². The van der Waals surface area contributed by atoms with Gasteiger partial charge in [0.05, 0.1) is 0 Å². The molecule has 0 bridgehead atoms. The van der Waals surface area contributed by atoms with Gasteiger partial charge in [-0.1, -0.05) is 60.2 Å². The summed E-state index contributed by atoms with van der Waals surface area (Å²) in [6.07, 6.45) is 0. The maximum absolute atomic E-state index is 6.08. The summed E-state index contributed by atoms with van der Waals surface area (Å²) in [6.45, 7) is 2.11. The van der Waals surface area contributed by atoms with E-state index in [2.05, 4.69) is 85.8 Å². The standard InChI is InChI=1S/C23H16O/c1-15-9-12-22-21(13-15)20-11-10-17(14-23(20)24-22)19-8-4-6-16-5-2-3-7-18(16)19/h2-14H,1H3. The second-order valence-corrected chi connectivity index (χ2v) is 6.34. The zero-order valence-corrected chi connectivity index (χ0v) is 13.4. The van der Waals surface area contributed by atoms with Crippen LogP contribution in [0.2, 0.25) is 0 Å². The van der Waals surface area contributed by atoms with Crippen LogP contribution >= 0.6 is 0 Å². The van der Waals surface area contributed by atoms with E-state index >= 15 is 0 Å². The number of furan rings is 1. The van der Waals surface area contributed by atoms with Gasteiger partial charge in [-0.2, -0.15) is 0 Å². The fraction of sp³-hybridized carbons (Fsp3) is 0.0435. The first-order valence-electron chi connectivity index (χ1n) is 8.21. The Hall–Kier alpha value is -3.06. The quantitative estimate of drug-likeness (QED) is 0.335. The highest BCUT2D eigenvalue weighted by Gasteiger charge is 2.10. The van der Waals surface area contributed by atoms with Crippen molar-refractivity contribution in [3.8, 4) is 11.1 Å². The van der Waals surface area contributed by atoms with Gasteiger partial charge in [0.25, 0.3) is 0 Å². The summed E-state index contributed by atoms with van der Waals surface area (Å²) >= 11 is 0. The molecule has 1 heterocycles. The third-order valence-corrected chi connectivity index (χ3v) is 4.73. The molecule has 0 unspecified atom stereocenters. The van der Waals surface area contributed by atoms with Crippen molar-refractivity contribution in [2.45, 2.75) is 6.92 Å². The predicted octanol–water partition coefficient (Wildman–Crippen LogP) is 6.71. The molecule has 0 amide bonds. The number of benzene rings is 4. The van der Waals surface area contributed by atoms with Crippen LogP contribution in [0, 0.1) is 6.92 Å². The second kappa shape index (κ2) is 4.97. The molecule has 0 saturated carbocycles. The van der Waals surface area contributed by atoms with E-state index in [1.165, 1.54) is 38.2 Å². The smallest absolute Gasteiger partial charge is 0.136 e. The van der Waals surface area contributed by atoms with Gasteiger partial charge in [-0.15, -0.1) is 0 Å². The zero-order chi connectivity index (χ0) is 16.1. The van der Waals surface area contributed by atoms with Crippen molar-refractivity contribution in [2.75, 3.05) is 0 Å². The van der Waals surface area contributed by atoms with Crippen LogP contribution < -0.4 is 0 Å². The molecule has 0 atom stereocenters. The number of rotatable bonds is 1. The molecule has 1 aromatic heterocycles. The lowest BCUT2D eigenvalue weighted by atomic mass is 9.97. The van der Waals surface area contributed by atoms with Crippen molar-refractivity contribution in [1.82, 2.24) is 0 Å². The average Bonchev–Trinajstić information content (AvgIpc) is 2.98. The highest BCUT2D eigenvalue weighted by atomic mass is 16.3. The normalized spacial score (nSPS) is 11.5. The van der Waals surface area contributed by atoms with Crippen LogP contribution in [0.4, 0.5) is 0 Å². The summed E-state index contributed by atoms with van der Waals surface area (Å²) in [6, 6.07) is 27.8. The average molecular weight is 308 g/mol. The van der Waals surface area contributed by atoms with Crippen molar-refractivity contribution in [3.63, 3.8) is 0 Å². The first kappa shape index (κ1) is 13.4. The fourth-order valence-electron chi connectivity index (χ4n) is 3.54. The molecular weight excluding hydrogens is 292 g/mol. The van der Waals surface area contributed by atoms with Crippen molar-refractivity contribution in [1.29, 1.82) is 0 Å². The Morgan fingerprint density at radius 3 is 2.46 bits per heavy atom. The Morgan fingerprint density at radius 2 is 1.50 bits per heavy atom. The van der Waals surface area contributed by atoms with Crippen LogP contribution in [0.25, 0.3) is 43.8 Å². The molecule has 0 aliphatic carbocycles. The molecule has 114 valence electrons. The van der Waals surface area contributed by atoms with Crippen LogP contribution in [-0.4, -0.2) is 0 Å². The monoisotopic (exact) mass is 308 g/mol. The molecule has 4 aromatic carbocycles. The molecule has 0 N–H and O–H groups in total. The summed E-state index contributed by atoms with van der Waals surface area (Å²) in [5, 5.41) is 4.90. The maximum atomic E-state index is 6.08. The van der Waals surface area contributed by atoms with Gasteiger partial charge in [-0.05, 0) is 53.1 Å². The Morgan fingerprint density at radius 1 is 0.625 bits per heavy atom. The summed E-state index contributed by atoms with van der Waals surface area (Å²) in [5.74, 6) is 0. The molecule has 0 aliphatic heterocycles. The first-order chi connectivity index (χ1) is 11.8. The van der Waals surface area contributed by atoms with E-state index in [1.54, 1.807) is 0 Å². The van der Waals surface area contributed by atoms with E-state index in [-0.39, 0.29) is 0 Å². The lowest BCUT2D eigenvalue weighted by Crippen LogP contribution is -1.81. The minimum Gasteiger partial charge on any atom is -0.456 e. The van der Waals surface area contributed by atoms with Crippen molar-refractivity contribution < 1.29 is 4.42 Å². The summed E-state index contributed by atoms with van der Waals surface area (Å²) in [4.78, 5) is 0. The van der Waals surface area contributed by atoms with Gasteiger partial charge in [-0.3, -0.25) is 0 Å². The van der Waals surface area contributed by atoms with E-state index in [0.717, 1.165) is 11.2 Å². The van der Waals surface area contributed by atoms with E-state index in [4.69, 9.17) is 4.42 Å². The Labute approximate surface area is 140 Å². The lowest BCUT2D eigenvalue weighted by molar-refractivity contribution is 0.669. The summed E-state index contributed by atoms with van der Waals surface area (Å²) in [7, 11) is 0. The minimum atomic E-state index is 0.945. The molecular formula is C23H16O. The van der Waals surface area contributed by atoms with E-state index in [0.29, 0.717) is 0 Å². The van der Waals surface area contributed by atoms with Crippen LogP contribution in [-0.2, 0) is 0 Å². The molecule has 0 saturated heterocycles. The zero-order valence-electron chi connectivity index (χ0n) is 13.4. The van der Waals surface area contributed by atoms with Crippen LogP contribution in [0.1, 0.15) is 5.56 Å². The largest absolute Gasteiger partial charge is 0.456 e. The molecule has 5 rings (SSSR count). The molecule has 0 radical (unpaired) electrons. The number of hydrogen-bond acceptors (Lipinski definition) is 1. The highest BCUT2D eigenvalue weighted by molar-refractivity contribution is 6.07. The summed E-state index contributed by atoms with van der Waals surface area (Å²) < 4.78 is 6.08. The first-order valence-corrected chi connectivity index (χ1v) is 8.21. The van der Waals surface area contributed by atoms with Gasteiger partial charge in [0.1, 0.15) is 11.2 Å². The van der Waals surface area contributed by atoms with Crippen LogP contribution in [0.5, 0.6) is 0 Å². The Bertz CT molecular complexity index is 1210. The van der Waals surface area contributed by atoms with Gasteiger partial charge < -0.3 is 4.42 Å². The summed E-state index contributed by atoms with van der Waals surface area (Å²) in [5.41, 5.74) is 5.58. The van der Waals surface area contributed by atoms with E-state index in [9.17, 15) is 0 Å². The third kappa shape index (κ3) is 1.95. The molecule has 1 nitrogen and oxygen atoms in total. The third-order valence-electron chi connectivity index (χ3n) is 4.73. The maximum Gasteiger partial charge on any atom is 0.136 e. The topological polar surface area (TPSA) is 13.1 Å². The Kier molecular flexibility index (Phi) is 2.77. The van der Waals surface area contributed by atoms with E-state index in [1.807, 2.05) is 0 Å². The van der Waals surface area contributed by atoms with Crippen LogP contribution in [0.3, 0.4) is 0 Å². The molecule has 1 heteroatoms. The SMILES string of the molecule is Cc1ccc2oc3cc(-c4cccc5ccccc45)ccc3c2c1. The number of aryl methyl sites for hydroxylation is 1. The lowest BCUT2D eigenvalue weighted by Gasteiger charge is -2.06. The van der Waals surface area contributed by atoms with Crippen LogP contribution in [0.15, 0.2) is 83.3 Å². The predicted molar refractivity (Wildman–Crippen MR) is 101 cm³/mol. The minimum absolute atomic E-state index is 0.945. The second-order valence-electron chi connectivity index (χ2n) is 6.34. The Balaban J connectivity index is 1.79. The molecule has 24 heavy (non-hydrogen) atoms. The van der Waals surface area contributed by atoms with Crippen molar-refractivity contribution in [2.24, 2.45) is 0 Å². The van der Waals surface area contributed by atoms with Crippen molar-refractivity contribution >= 4 is 32.7 Å². The van der Waals surface area contributed by atoms with Gasteiger partial charge in [0, 0.05) is 10.8 Å². The van der Waals surface area contributed by atoms with Gasteiger partial charge >= 0.3 is 0 Å².